The first-order valence-corrected chi connectivity index (χ1v) is 9.27. The van der Waals surface area contributed by atoms with Crippen LogP contribution in [0.4, 0.5) is 5.82 Å². The van der Waals surface area contributed by atoms with Gasteiger partial charge in [-0.2, -0.15) is 5.10 Å². The van der Waals surface area contributed by atoms with E-state index in [-0.39, 0.29) is 17.0 Å². The molecule has 0 saturated heterocycles. The summed E-state index contributed by atoms with van der Waals surface area (Å²) in [4.78, 5) is 25.9. The van der Waals surface area contributed by atoms with Crippen molar-refractivity contribution in [2.24, 2.45) is 0 Å². The van der Waals surface area contributed by atoms with E-state index in [4.69, 9.17) is 9.15 Å². The Morgan fingerprint density at radius 3 is 2.57 bits per heavy atom. The molecule has 4 aromatic rings. The molecule has 0 bridgehead atoms. The minimum Gasteiger partial charge on any atom is -0.497 e. The summed E-state index contributed by atoms with van der Waals surface area (Å²) in [6.45, 7) is 1.64. The van der Waals surface area contributed by atoms with E-state index < -0.39 is 5.91 Å². The van der Waals surface area contributed by atoms with E-state index in [1.54, 1.807) is 55.1 Å². The van der Waals surface area contributed by atoms with E-state index in [2.05, 4.69) is 10.4 Å². The molecule has 2 heterocycles. The molecular formula is C23H19N3O4. The Hall–Kier alpha value is -4.13. The lowest BCUT2D eigenvalue weighted by molar-refractivity contribution is 0.0996. The summed E-state index contributed by atoms with van der Waals surface area (Å²) in [7, 11) is 1.55. The molecule has 4 rings (SSSR count). The molecule has 0 aliphatic carbocycles. The van der Waals surface area contributed by atoms with E-state index in [1.165, 1.54) is 6.26 Å². The average molecular weight is 401 g/mol. The van der Waals surface area contributed by atoms with Gasteiger partial charge in [0.15, 0.2) is 5.76 Å². The number of methoxy groups -OCH3 is 1. The van der Waals surface area contributed by atoms with E-state index in [0.717, 1.165) is 0 Å². The number of aromatic nitrogens is 2. The topological polar surface area (TPSA) is 86.4 Å². The minimum atomic E-state index is -0.487. The number of para-hydroxylation sites is 1. The molecular weight excluding hydrogens is 382 g/mol. The molecule has 0 radical (unpaired) electrons. The fourth-order valence-electron chi connectivity index (χ4n) is 3.13. The molecule has 0 aliphatic heterocycles. The number of carbonyl (C=O) groups is 1. The lowest BCUT2D eigenvalue weighted by Crippen LogP contribution is -2.24. The second-order valence-corrected chi connectivity index (χ2v) is 6.55. The van der Waals surface area contributed by atoms with Gasteiger partial charge in [0, 0.05) is 0 Å². The van der Waals surface area contributed by atoms with Crippen LogP contribution in [-0.2, 0) is 0 Å². The van der Waals surface area contributed by atoms with Crippen LogP contribution in [0.3, 0.4) is 0 Å². The maximum absolute atomic E-state index is 13.1. The normalized spacial score (nSPS) is 10.6. The van der Waals surface area contributed by atoms with Gasteiger partial charge in [0.05, 0.1) is 24.6 Å². The van der Waals surface area contributed by atoms with Gasteiger partial charge in [-0.1, -0.05) is 30.3 Å². The molecule has 0 spiro atoms. The number of benzene rings is 2. The number of hydrogen-bond donors (Lipinski definition) is 1. The van der Waals surface area contributed by atoms with Crippen molar-refractivity contribution >= 4 is 11.7 Å². The summed E-state index contributed by atoms with van der Waals surface area (Å²) in [5.74, 6) is 0.473. The fraction of sp³-hybridized carbons (Fsp3) is 0.0870. The van der Waals surface area contributed by atoms with E-state index >= 15 is 0 Å². The lowest BCUT2D eigenvalue weighted by Gasteiger charge is -2.18. The predicted molar refractivity (Wildman–Crippen MR) is 113 cm³/mol. The monoisotopic (exact) mass is 401 g/mol. The third kappa shape index (κ3) is 3.60. The Labute approximate surface area is 172 Å². The van der Waals surface area contributed by atoms with Crippen LogP contribution < -0.4 is 15.5 Å². The number of anilines is 1. The Morgan fingerprint density at radius 1 is 1.07 bits per heavy atom. The van der Waals surface area contributed by atoms with Crippen molar-refractivity contribution in [2.45, 2.75) is 6.92 Å². The Bertz CT molecular complexity index is 1250. The summed E-state index contributed by atoms with van der Waals surface area (Å²) in [6.07, 6.45) is 1.41. The van der Waals surface area contributed by atoms with Crippen molar-refractivity contribution in [1.82, 2.24) is 9.78 Å². The molecule has 30 heavy (non-hydrogen) atoms. The number of nitrogens with zero attached hydrogens (tertiary/aromatic N) is 2. The summed E-state index contributed by atoms with van der Waals surface area (Å²) in [5, 5.41) is 7.24. The van der Waals surface area contributed by atoms with Crippen molar-refractivity contribution in [3.05, 3.63) is 94.7 Å². The Morgan fingerprint density at radius 2 is 1.87 bits per heavy atom. The fourth-order valence-corrected chi connectivity index (χ4v) is 3.13. The number of aryl methyl sites for hydroxylation is 1. The number of rotatable bonds is 5. The number of amides is 1. The minimum absolute atomic E-state index is 0.124. The van der Waals surface area contributed by atoms with E-state index in [0.29, 0.717) is 28.3 Å². The molecule has 1 amide bonds. The third-order valence-corrected chi connectivity index (χ3v) is 4.59. The molecule has 2 aromatic heterocycles. The molecule has 0 saturated carbocycles. The molecule has 0 aliphatic rings. The highest BCUT2D eigenvalue weighted by molar-refractivity contribution is 6.04. The van der Waals surface area contributed by atoms with Crippen LogP contribution in [0.2, 0.25) is 0 Å². The number of hydrogen-bond acceptors (Lipinski definition) is 5. The standard InChI is InChI=1S/C23H19N3O4/c1-15-21(27)20(16-8-6-11-18(14-16)29-2)22(24-23(28)19-12-7-13-30-19)26(25-15)17-9-4-3-5-10-17/h3-14H,1-2H3,(H,24,28). The van der Waals surface area contributed by atoms with Gasteiger partial charge >= 0.3 is 0 Å². The molecule has 7 heteroatoms. The van der Waals surface area contributed by atoms with Gasteiger partial charge < -0.3 is 14.5 Å². The molecule has 0 atom stereocenters. The van der Waals surface area contributed by atoms with Crippen LogP contribution in [0, 0.1) is 6.92 Å². The Kier molecular flexibility index (Phi) is 5.17. The van der Waals surface area contributed by atoms with Gasteiger partial charge in [0.25, 0.3) is 5.91 Å². The van der Waals surface area contributed by atoms with Crippen molar-refractivity contribution in [3.8, 4) is 22.6 Å². The summed E-state index contributed by atoms with van der Waals surface area (Å²) >= 11 is 0. The van der Waals surface area contributed by atoms with Crippen LogP contribution in [0.1, 0.15) is 16.2 Å². The zero-order valence-corrected chi connectivity index (χ0v) is 16.5. The number of nitrogens with one attached hydrogen (secondary N) is 1. The first-order valence-electron chi connectivity index (χ1n) is 9.27. The first kappa shape index (κ1) is 19.2. The highest BCUT2D eigenvalue weighted by Crippen LogP contribution is 2.29. The summed E-state index contributed by atoms with van der Waals surface area (Å²) in [5.41, 5.74) is 1.62. The maximum atomic E-state index is 13.1. The van der Waals surface area contributed by atoms with Crippen LogP contribution in [0.15, 0.2) is 82.2 Å². The van der Waals surface area contributed by atoms with Crippen molar-refractivity contribution in [3.63, 3.8) is 0 Å². The molecule has 1 N–H and O–H groups in total. The first-order chi connectivity index (χ1) is 14.6. The lowest BCUT2D eigenvalue weighted by atomic mass is 10.0. The number of ether oxygens (including phenoxy) is 1. The van der Waals surface area contributed by atoms with Crippen LogP contribution in [0.5, 0.6) is 5.75 Å². The van der Waals surface area contributed by atoms with Crippen molar-refractivity contribution in [2.75, 3.05) is 12.4 Å². The highest BCUT2D eigenvalue weighted by Gasteiger charge is 2.22. The Balaban J connectivity index is 1.98. The van der Waals surface area contributed by atoms with Gasteiger partial charge in [-0.3, -0.25) is 9.59 Å². The molecule has 0 fully saturated rings. The van der Waals surface area contributed by atoms with E-state index in [1.807, 2.05) is 30.3 Å². The quantitative estimate of drug-likeness (QED) is 0.545. The van der Waals surface area contributed by atoms with E-state index in [9.17, 15) is 9.59 Å². The number of furan rings is 1. The van der Waals surface area contributed by atoms with Crippen molar-refractivity contribution < 1.29 is 13.9 Å². The molecule has 0 unspecified atom stereocenters. The zero-order valence-electron chi connectivity index (χ0n) is 16.5. The molecule has 150 valence electrons. The van der Waals surface area contributed by atoms with Gasteiger partial charge in [-0.15, -0.1) is 0 Å². The van der Waals surface area contributed by atoms with Crippen LogP contribution in [-0.4, -0.2) is 22.8 Å². The van der Waals surface area contributed by atoms with Gasteiger partial charge in [0.1, 0.15) is 17.3 Å². The average Bonchev–Trinajstić information content (AvgIpc) is 3.32. The van der Waals surface area contributed by atoms with Gasteiger partial charge in [-0.25, -0.2) is 4.68 Å². The SMILES string of the molecule is COc1cccc(-c2c(NC(=O)c3ccco3)n(-c3ccccc3)nc(C)c2=O)c1. The summed E-state index contributed by atoms with van der Waals surface area (Å²) < 4.78 is 12.1. The number of carbonyl (C=O) groups excluding carboxylic acids is 1. The molecule has 7 nitrogen and oxygen atoms in total. The molecule has 2 aromatic carbocycles. The smallest absolute Gasteiger partial charge is 0.292 e. The van der Waals surface area contributed by atoms with Gasteiger partial charge in [-0.05, 0) is 48.9 Å². The van der Waals surface area contributed by atoms with Gasteiger partial charge in [0.2, 0.25) is 5.43 Å². The summed E-state index contributed by atoms with van der Waals surface area (Å²) in [6, 6.07) is 19.5. The third-order valence-electron chi connectivity index (χ3n) is 4.59. The second kappa shape index (κ2) is 8.08. The van der Waals surface area contributed by atoms with Crippen molar-refractivity contribution in [1.29, 1.82) is 0 Å². The second-order valence-electron chi connectivity index (χ2n) is 6.55. The zero-order chi connectivity index (χ0) is 21.1. The maximum Gasteiger partial charge on any atom is 0.292 e. The largest absolute Gasteiger partial charge is 0.497 e. The highest BCUT2D eigenvalue weighted by atomic mass is 16.5. The predicted octanol–water partition coefficient (Wildman–Crippen LogP) is 4.06. The van der Waals surface area contributed by atoms with Crippen LogP contribution >= 0.6 is 0 Å². The van der Waals surface area contributed by atoms with Crippen LogP contribution in [0.25, 0.3) is 16.8 Å².